The van der Waals surface area contributed by atoms with E-state index < -0.39 is 18.4 Å². The zero-order valence-electron chi connectivity index (χ0n) is 10.4. The maximum absolute atomic E-state index is 12.4. The van der Waals surface area contributed by atoms with E-state index in [0.717, 1.165) is 0 Å². The van der Waals surface area contributed by atoms with Gasteiger partial charge in [-0.3, -0.25) is 19.5 Å². The first-order valence-corrected chi connectivity index (χ1v) is 6.15. The highest BCUT2D eigenvalue weighted by Gasteiger charge is 2.20. The number of anilines is 1. The predicted octanol–water partition coefficient (Wildman–Crippen LogP) is 2.47. The van der Waals surface area contributed by atoms with Crippen LogP contribution < -0.4 is 4.90 Å². The normalized spacial score (nSPS) is 10.1. The van der Waals surface area contributed by atoms with Crippen molar-refractivity contribution in [2.24, 2.45) is 0 Å². The van der Waals surface area contributed by atoms with Crippen molar-refractivity contribution in [2.45, 2.75) is 0 Å². The lowest BCUT2D eigenvalue weighted by Gasteiger charge is -2.20. The van der Waals surface area contributed by atoms with Crippen LogP contribution in [0, 0.1) is 0 Å². The summed E-state index contributed by atoms with van der Waals surface area (Å²) < 4.78 is 0. The molecule has 0 aliphatic carbocycles. The number of carboxylic acid groups (broad SMARTS) is 1. The molecule has 0 fully saturated rings. The second-order valence-corrected chi connectivity index (χ2v) is 4.43. The molecule has 1 heterocycles. The number of halogens is 1. The molecule has 0 spiro atoms. The Balaban J connectivity index is 2.35. The largest absolute Gasteiger partial charge is 0.480 e. The second kappa shape index (κ2) is 6.16. The minimum Gasteiger partial charge on any atom is -0.480 e. The number of carbonyl (C=O) groups excluding carboxylic acids is 1. The van der Waals surface area contributed by atoms with Crippen molar-refractivity contribution < 1.29 is 14.7 Å². The van der Waals surface area contributed by atoms with Crippen molar-refractivity contribution in [1.29, 1.82) is 0 Å². The summed E-state index contributed by atoms with van der Waals surface area (Å²) in [6.07, 6.45) is 2.96. The summed E-state index contributed by atoms with van der Waals surface area (Å²) >= 11 is 5.79. The molecule has 0 atom stereocenters. The average molecular weight is 291 g/mol. The summed E-state index contributed by atoms with van der Waals surface area (Å²) in [5, 5.41) is 9.48. The maximum Gasteiger partial charge on any atom is 0.323 e. The highest BCUT2D eigenvalue weighted by Crippen LogP contribution is 2.20. The smallest absolute Gasteiger partial charge is 0.323 e. The Morgan fingerprint density at radius 1 is 1.10 bits per heavy atom. The van der Waals surface area contributed by atoms with Gasteiger partial charge in [-0.2, -0.15) is 0 Å². The molecule has 0 aliphatic heterocycles. The Bertz CT molecular complexity index is 614. The molecular weight excluding hydrogens is 280 g/mol. The number of nitrogens with zero attached hydrogens (tertiary/aromatic N) is 2. The van der Waals surface area contributed by atoms with Gasteiger partial charge < -0.3 is 5.11 Å². The van der Waals surface area contributed by atoms with Gasteiger partial charge in [0.25, 0.3) is 5.91 Å². The van der Waals surface area contributed by atoms with Gasteiger partial charge in [0.15, 0.2) is 0 Å². The molecule has 20 heavy (non-hydrogen) atoms. The third kappa shape index (κ3) is 3.33. The van der Waals surface area contributed by atoms with Crippen LogP contribution in [-0.2, 0) is 4.79 Å². The highest BCUT2D eigenvalue weighted by atomic mass is 35.5. The lowest BCUT2D eigenvalue weighted by molar-refractivity contribution is -0.135. The summed E-state index contributed by atoms with van der Waals surface area (Å²) in [5.74, 6) is -1.50. The first-order chi connectivity index (χ1) is 9.58. The number of aromatic nitrogens is 1. The fourth-order valence-corrected chi connectivity index (χ4v) is 1.81. The van der Waals surface area contributed by atoms with Crippen LogP contribution in [0.2, 0.25) is 5.02 Å². The second-order valence-electron chi connectivity index (χ2n) is 4.00. The Labute approximate surface area is 120 Å². The van der Waals surface area contributed by atoms with Crippen molar-refractivity contribution in [3.63, 3.8) is 0 Å². The Hall–Kier alpha value is -2.40. The Kier molecular flexibility index (Phi) is 4.32. The molecule has 0 unspecified atom stereocenters. The van der Waals surface area contributed by atoms with E-state index in [1.54, 1.807) is 24.3 Å². The van der Waals surface area contributed by atoms with Gasteiger partial charge in [0, 0.05) is 28.7 Å². The Morgan fingerprint density at radius 3 is 2.25 bits per heavy atom. The van der Waals surface area contributed by atoms with Crippen molar-refractivity contribution in [3.05, 3.63) is 59.4 Å². The van der Waals surface area contributed by atoms with Gasteiger partial charge in [0.2, 0.25) is 0 Å². The SMILES string of the molecule is O=C(O)CN(C(=O)c1ccncc1)c1ccc(Cl)cc1. The summed E-state index contributed by atoms with van der Waals surface area (Å²) in [7, 11) is 0. The van der Waals surface area contributed by atoms with Gasteiger partial charge in [-0.25, -0.2) is 0 Å². The molecule has 0 radical (unpaired) electrons. The van der Waals surface area contributed by atoms with E-state index in [2.05, 4.69) is 4.98 Å². The van der Waals surface area contributed by atoms with Gasteiger partial charge >= 0.3 is 5.97 Å². The number of aliphatic carboxylic acids is 1. The molecule has 102 valence electrons. The first kappa shape index (κ1) is 14.0. The molecule has 1 aromatic heterocycles. The van der Waals surface area contributed by atoms with Crippen LogP contribution in [0.25, 0.3) is 0 Å². The van der Waals surface area contributed by atoms with Crippen LogP contribution in [0.4, 0.5) is 5.69 Å². The Morgan fingerprint density at radius 2 is 1.70 bits per heavy atom. The van der Waals surface area contributed by atoms with Crippen LogP contribution in [0.15, 0.2) is 48.8 Å². The number of rotatable bonds is 4. The lowest BCUT2D eigenvalue weighted by atomic mass is 10.2. The van der Waals surface area contributed by atoms with E-state index in [9.17, 15) is 9.59 Å². The van der Waals surface area contributed by atoms with Crippen molar-refractivity contribution in [3.8, 4) is 0 Å². The molecule has 5 nitrogen and oxygen atoms in total. The van der Waals surface area contributed by atoms with Gasteiger partial charge in [-0.1, -0.05) is 11.6 Å². The van der Waals surface area contributed by atoms with E-state index in [-0.39, 0.29) is 0 Å². The molecule has 1 N–H and O–H groups in total. The van der Waals surface area contributed by atoms with Crippen molar-refractivity contribution in [2.75, 3.05) is 11.4 Å². The lowest BCUT2D eigenvalue weighted by Crippen LogP contribution is -2.35. The molecule has 0 saturated heterocycles. The number of benzene rings is 1. The fourth-order valence-electron chi connectivity index (χ4n) is 1.69. The highest BCUT2D eigenvalue weighted by molar-refractivity contribution is 6.30. The fraction of sp³-hybridized carbons (Fsp3) is 0.0714. The molecule has 0 saturated carbocycles. The molecular formula is C14H11ClN2O3. The minimum atomic E-state index is -1.10. The van der Waals surface area contributed by atoms with Crippen LogP contribution >= 0.6 is 11.6 Å². The maximum atomic E-state index is 12.4. The first-order valence-electron chi connectivity index (χ1n) is 5.77. The standard InChI is InChI=1S/C14H11ClN2O3/c15-11-1-3-12(4-2-11)17(9-13(18)19)14(20)10-5-7-16-8-6-10/h1-8H,9H2,(H,18,19). The van der Waals surface area contributed by atoms with E-state index in [1.165, 1.54) is 29.4 Å². The summed E-state index contributed by atoms with van der Waals surface area (Å²) in [5.41, 5.74) is 0.842. The molecule has 1 amide bonds. The third-order valence-corrected chi connectivity index (χ3v) is 2.86. The van der Waals surface area contributed by atoms with Crippen molar-refractivity contribution in [1.82, 2.24) is 4.98 Å². The number of amides is 1. The number of carbonyl (C=O) groups is 2. The van der Waals surface area contributed by atoms with Crippen LogP contribution in [-0.4, -0.2) is 28.5 Å². The zero-order valence-corrected chi connectivity index (χ0v) is 11.1. The van der Waals surface area contributed by atoms with Gasteiger partial charge in [-0.05, 0) is 36.4 Å². The van der Waals surface area contributed by atoms with Crippen molar-refractivity contribution >= 4 is 29.2 Å². The molecule has 6 heteroatoms. The summed E-state index contributed by atoms with van der Waals surface area (Å²) in [6.45, 7) is -0.428. The molecule has 0 aliphatic rings. The van der Waals surface area contributed by atoms with Gasteiger partial charge in [-0.15, -0.1) is 0 Å². The third-order valence-electron chi connectivity index (χ3n) is 2.60. The molecule has 2 rings (SSSR count). The zero-order chi connectivity index (χ0) is 14.5. The van der Waals surface area contributed by atoms with Crippen LogP contribution in [0.3, 0.4) is 0 Å². The van der Waals surface area contributed by atoms with Crippen LogP contribution in [0.1, 0.15) is 10.4 Å². The average Bonchev–Trinajstić information content (AvgIpc) is 2.46. The number of hydrogen-bond donors (Lipinski definition) is 1. The predicted molar refractivity (Wildman–Crippen MR) is 75.0 cm³/mol. The quantitative estimate of drug-likeness (QED) is 0.939. The monoisotopic (exact) mass is 290 g/mol. The summed E-state index contributed by atoms with van der Waals surface area (Å²) in [6, 6.07) is 9.48. The van der Waals surface area contributed by atoms with E-state index in [4.69, 9.17) is 16.7 Å². The molecule has 2 aromatic rings. The topological polar surface area (TPSA) is 70.5 Å². The molecule has 1 aromatic carbocycles. The molecule has 0 bridgehead atoms. The van der Waals surface area contributed by atoms with E-state index in [1.807, 2.05) is 0 Å². The van der Waals surface area contributed by atoms with E-state index >= 15 is 0 Å². The van der Waals surface area contributed by atoms with Gasteiger partial charge in [0.05, 0.1) is 0 Å². The summed E-state index contributed by atoms with van der Waals surface area (Å²) in [4.78, 5) is 28.3. The van der Waals surface area contributed by atoms with E-state index in [0.29, 0.717) is 16.3 Å². The number of pyridine rings is 1. The van der Waals surface area contributed by atoms with Crippen LogP contribution in [0.5, 0.6) is 0 Å². The van der Waals surface area contributed by atoms with Gasteiger partial charge in [0.1, 0.15) is 6.54 Å². The number of carboxylic acids is 1. The minimum absolute atomic E-state index is 0.371. The number of hydrogen-bond acceptors (Lipinski definition) is 3.